The number of ether oxygens (including phenoxy) is 3. The predicted octanol–water partition coefficient (Wildman–Crippen LogP) is 8.16. The van der Waals surface area contributed by atoms with Gasteiger partial charge >= 0.3 is 19.8 Å². The fourth-order valence-electron chi connectivity index (χ4n) is 7.08. The van der Waals surface area contributed by atoms with Crippen LogP contribution in [0.1, 0.15) is 168 Å². The molecule has 1 heterocycles. The van der Waals surface area contributed by atoms with Gasteiger partial charge in [0.25, 0.3) is 0 Å². The molecule has 15 heteroatoms. The van der Waals surface area contributed by atoms with E-state index in [9.17, 15) is 44.6 Å². The molecule has 10 atom stereocenters. The Hall–Kier alpha value is -2.23. The number of phosphoric acid groups is 1. The zero-order chi connectivity index (χ0) is 45.4. The van der Waals surface area contributed by atoms with Gasteiger partial charge in [-0.05, 0) is 77.0 Å². The molecule has 0 amide bonds. The van der Waals surface area contributed by atoms with Crippen LogP contribution in [0.3, 0.4) is 0 Å². The van der Waals surface area contributed by atoms with Gasteiger partial charge in [0.05, 0.1) is 18.8 Å². The zero-order valence-corrected chi connectivity index (χ0v) is 38.5. The van der Waals surface area contributed by atoms with E-state index < -0.39 is 75.7 Å². The molecule has 2 aliphatic rings. The molecule has 6 N–H and O–H groups in total. The molecule has 0 bridgehead atoms. The second-order valence-corrected chi connectivity index (χ2v) is 18.0. The number of aliphatic hydroxyl groups is 5. The number of hydrogen-bond donors (Lipinski definition) is 6. The summed E-state index contributed by atoms with van der Waals surface area (Å²) in [4.78, 5) is 35.7. The lowest BCUT2D eigenvalue weighted by Crippen LogP contribution is -2.64. The van der Waals surface area contributed by atoms with E-state index in [4.69, 9.17) is 23.3 Å². The quantitative estimate of drug-likeness (QED) is 0.0114. The van der Waals surface area contributed by atoms with Crippen LogP contribution in [0, 0.1) is 0 Å². The van der Waals surface area contributed by atoms with Crippen LogP contribution < -0.4 is 0 Å². The van der Waals surface area contributed by atoms with E-state index in [2.05, 4.69) is 50.3 Å². The number of aliphatic hydroxyl groups excluding tert-OH is 5. The van der Waals surface area contributed by atoms with Crippen molar-refractivity contribution in [2.45, 2.75) is 223 Å². The molecule has 0 aromatic rings. The van der Waals surface area contributed by atoms with Gasteiger partial charge in [0.2, 0.25) is 0 Å². The molecule has 14 nitrogen and oxygen atoms in total. The average Bonchev–Trinajstić information content (AvgIpc) is 4.01. The first kappa shape index (κ1) is 55.9. The van der Waals surface area contributed by atoms with E-state index in [0.717, 1.165) is 64.2 Å². The molecule has 0 radical (unpaired) electrons. The van der Waals surface area contributed by atoms with E-state index in [1.165, 1.54) is 57.8 Å². The molecule has 1 aliphatic heterocycles. The van der Waals surface area contributed by atoms with Crippen molar-refractivity contribution in [1.82, 2.24) is 0 Å². The predicted molar refractivity (Wildman–Crippen MR) is 239 cm³/mol. The van der Waals surface area contributed by atoms with Gasteiger partial charge in [0, 0.05) is 12.8 Å². The summed E-state index contributed by atoms with van der Waals surface area (Å²) in [6, 6.07) is 0. The third-order valence-corrected chi connectivity index (χ3v) is 12.0. The number of hydrogen-bond acceptors (Lipinski definition) is 13. The highest BCUT2D eigenvalue weighted by atomic mass is 31.2. The topological polar surface area (TPSA) is 222 Å². The van der Waals surface area contributed by atoms with E-state index in [-0.39, 0.29) is 25.0 Å². The molecule has 0 aromatic carbocycles. The lowest BCUT2D eigenvalue weighted by atomic mass is 9.85. The Morgan fingerprint density at radius 1 is 0.565 bits per heavy atom. The van der Waals surface area contributed by atoms with Crippen LogP contribution in [-0.2, 0) is 37.4 Å². The largest absolute Gasteiger partial charge is 0.472 e. The Bertz CT molecular complexity index is 1340. The minimum absolute atomic E-state index is 0.00987. The highest BCUT2D eigenvalue weighted by Gasteiger charge is 2.51. The van der Waals surface area contributed by atoms with Crippen molar-refractivity contribution in [2.75, 3.05) is 13.2 Å². The number of esters is 2. The third kappa shape index (κ3) is 25.9. The molecule has 358 valence electrons. The standard InChI is InChI=1S/C47H81O14P/c1-3-5-7-9-11-13-14-15-16-17-18-20-22-24-29-33-40(48)57-35-37(36-58-62(55,56)61-47-45(53)43(51)42(50)44(52)46(47)54)59-41(49)34-30-26-25-28-32-39-38(60-39)31-27-23-21-19-12-10-8-6-4-2/h12,15-16,19,23,25,27-28,37-39,42-47,50-54H,3-11,13-14,17-18,20-22,24,26,29-36H2,1-2H3,(H,55,56)/b16-15-,19-12-,27-23-,28-25-/t37-,38?,39?,42?,43-,44+,45-,46-,47?/m1/s1. The third-order valence-electron chi connectivity index (χ3n) is 11.0. The van der Waals surface area contributed by atoms with Crippen molar-refractivity contribution in [1.29, 1.82) is 0 Å². The van der Waals surface area contributed by atoms with Gasteiger partial charge in [-0.2, -0.15) is 0 Å². The van der Waals surface area contributed by atoms with Crippen molar-refractivity contribution in [2.24, 2.45) is 0 Å². The lowest BCUT2D eigenvalue weighted by molar-refractivity contribution is -0.220. The first-order chi connectivity index (χ1) is 29.9. The molecular weight excluding hydrogens is 819 g/mol. The van der Waals surface area contributed by atoms with Crippen molar-refractivity contribution >= 4 is 19.8 Å². The van der Waals surface area contributed by atoms with Gasteiger partial charge in [0.1, 0.15) is 43.2 Å². The Morgan fingerprint density at radius 2 is 1.02 bits per heavy atom. The summed E-state index contributed by atoms with van der Waals surface area (Å²) < 4.78 is 39.3. The molecule has 0 spiro atoms. The van der Waals surface area contributed by atoms with Gasteiger partial charge in [-0.25, -0.2) is 4.57 Å². The van der Waals surface area contributed by atoms with Gasteiger partial charge in [-0.3, -0.25) is 18.6 Å². The van der Waals surface area contributed by atoms with Crippen LogP contribution in [0.4, 0.5) is 0 Å². The van der Waals surface area contributed by atoms with Gasteiger partial charge in [0.15, 0.2) is 6.10 Å². The Kier molecular flexibility index (Phi) is 30.8. The SMILES string of the molecule is CCCCC/C=C\C/C=C\CC1OC1C/C=C\CCCC(=O)O[C@H](COC(=O)CCCCCCC/C=C\CCCCCCCC)COP(=O)(O)OC1[C@H](O)[C@H](O)C(O)[C@H](O)[C@H]1O. The van der Waals surface area contributed by atoms with Gasteiger partial charge in [-0.1, -0.05) is 127 Å². The number of phosphoric ester groups is 1. The molecular formula is C47H81O14P. The molecule has 1 aliphatic carbocycles. The fourth-order valence-corrected chi connectivity index (χ4v) is 8.05. The van der Waals surface area contributed by atoms with Crippen molar-refractivity contribution < 1.29 is 67.8 Å². The average molecular weight is 901 g/mol. The van der Waals surface area contributed by atoms with Crippen molar-refractivity contribution in [3.05, 3.63) is 48.6 Å². The second-order valence-electron chi connectivity index (χ2n) is 16.6. The van der Waals surface area contributed by atoms with Gasteiger partial charge in [-0.15, -0.1) is 0 Å². The second kappa shape index (κ2) is 34.2. The van der Waals surface area contributed by atoms with E-state index in [1.54, 1.807) is 0 Å². The highest BCUT2D eigenvalue weighted by Crippen LogP contribution is 2.47. The van der Waals surface area contributed by atoms with Crippen LogP contribution in [-0.4, -0.2) is 111 Å². The molecule has 62 heavy (non-hydrogen) atoms. The van der Waals surface area contributed by atoms with Crippen LogP contribution in [0.15, 0.2) is 48.6 Å². The van der Waals surface area contributed by atoms with Crippen molar-refractivity contribution in [3.8, 4) is 0 Å². The Labute approximate surface area is 371 Å². The Morgan fingerprint density at radius 3 is 1.65 bits per heavy atom. The first-order valence-corrected chi connectivity index (χ1v) is 25.1. The molecule has 2 rings (SSSR count). The van der Waals surface area contributed by atoms with E-state index >= 15 is 0 Å². The minimum atomic E-state index is -5.14. The van der Waals surface area contributed by atoms with E-state index in [0.29, 0.717) is 19.3 Å². The smallest absolute Gasteiger partial charge is 0.462 e. The summed E-state index contributed by atoms with van der Waals surface area (Å²) in [7, 11) is -5.14. The number of carbonyl (C=O) groups is 2. The Balaban J connectivity index is 1.74. The summed E-state index contributed by atoms with van der Waals surface area (Å²) >= 11 is 0. The van der Waals surface area contributed by atoms with Crippen LogP contribution >= 0.6 is 7.82 Å². The van der Waals surface area contributed by atoms with Crippen LogP contribution in [0.5, 0.6) is 0 Å². The summed E-state index contributed by atoms with van der Waals surface area (Å²) in [6.45, 7) is 3.20. The monoisotopic (exact) mass is 901 g/mol. The molecule has 0 aromatic heterocycles. The summed E-state index contributed by atoms with van der Waals surface area (Å²) in [6.07, 6.45) is 27.6. The maximum Gasteiger partial charge on any atom is 0.472 e. The van der Waals surface area contributed by atoms with Crippen molar-refractivity contribution in [3.63, 3.8) is 0 Å². The maximum atomic E-state index is 12.8. The number of allylic oxidation sites excluding steroid dienone is 6. The lowest BCUT2D eigenvalue weighted by Gasteiger charge is -2.41. The number of carbonyl (C=O) groups excluding carboxylic acids is 2. The first-order valence-electron chi connectivity index (χ1n) is 23.6. The summed E-state index contributed by atoms with van der Waals surface area (Å²) in [5.41, 5.74) is 0. The summed E-state index contributed by atoms with van der Waals surface area (Å²) in [5, 5.41) is 50.2. The molecule has 1 saturated carbocycles. The van der Waals surface area contributed by atoms with Crippen LogP contribution in [0.25, 0.3) is 0 Å². The number of rotatable bonds is 37. The fraction of sp³-hybridized carbons (Fsp3) is 0.787. The molecule has 5 unspecified atom stereocenters. The van der Waals surface area contributed by atoms with Gasteiger partial charge < -0.3 is 44.6 Å². The highest BCUT2D eigenvalue weighted by molar-refractivity contribution is 7.47. The normalized spacial score (nSPS) is 25.5. The minimum Gasteiger partial charge on any atom is -0.462 e. The van der Waals surface area contributed by atoms with E-state index in [1.807, 2.05) is 12.2 Å². The number of unbranched alkanes of at least 4 members (excludes halogenated alkanes) is 15. The van der Waals surface area contributed by atoms with Crippen LogP contribution in [0.2, 0.25) is 0 Å². The maximum absolute atomic E-state index is 12.8. The molecule has 2 fully saturated rings. The number of epoxide rings is 1. The molecule has 1 saturated heterocycles. The summed E-state index contributed by atoms with van der Waals surface area (Å²) in [5.74, 6) is -1.18. The zero-order valence-electron chi connectivity index (χ0n) is 37.6.